The maximum absolute atomic E-state index is 5.89. The van der Waals surface area contributed by atoms with E-state index in [2.05, 4.69) is 29.7 Å². The number of anilines is 2. The third kappa shape index (κ3) is 5.13. The van der Waals surface area contributed by atoms with Crippen LogP contribution in [0.3, 0.4) is 0 Å². The molecule has 1 fully saturated rings. The van der Waals surface area contributed by atoms with E-state index < -0.39 is 0 Å². The summed E-state index contributed by atoms with van der Waals surface area (Å²) < 4.78 is 13.2. The van der Waals surface area contributed by atoms with Crippen LogP contribution in [-0.4, -0.2) is 58.0 Å². The van der Waals surface area contributed by atoms with Crippen molar-refractivity contribution in [3.05, 3.63) is 24.0 Å². The van der Waals surface area contributed by atoms with E-state index in [1.165, 1.54) is 19.3 Å². The lowest BCUT2D eigenvalue weighted by atomic mass is 9.95. The van der Waals surface area contributed by atoms with E-state index >= 15 is 0 Å². The first-order valence-electron chi connectivity index (χ1n) is 11.0. The van der Waals surface area contributed by atoms with Gasteiger partial charge in [0.2, 0.25) is 11.9 Å². The Labute approximate surface area is 197 Å². The van der Waals surface area contributed by atoms with Gasteiger partial charge in [0.1, 0.15) is 5.82 Å². The lowest BCUT2D eigenvalue weighted by Crippen LogP contribution is -2.16. The van der Waals surface area contributed by atoms with E-state index in [1.54, 1.807) is 26.0 Å². The number of ether oxygens (including phenoxy) is 2. The number of aromatic nitrogens is 6. The van der Waals surface area contributed by atoms with Gasteiger partial charge in [-0.3, -0.25) is 4.57 Å². The first-order chi connectivity index (χ1) is 16.0. The minimum Gasteiger partial charge on any atom is -0.493 e. The Morgan fingerprint density at radius 1 is 1.03 bits per heavy atom. The van der Waals surface area contributed by atoms with Crippen LogP contribution in [0.5, 0.6) is 11.5 Å². The molecule has 0 atom stereocenters. The lowest BCUT2D eigenvalue weighted by molar-refractivity contribution is 0.339. The Kier molecular flexibility index (Phi) is 7.17. The molecule has 0 bridgehead atoms. The largest absolute Gasteiger partial charge is 0.493 e. The standard InChI is InChI=1S/C22H30N8O2S/c1-29(2)21-25-18(24-20(23)26-21)13-33-22-28-27-19(30(22)15-8-6-5-7-9-15)14-10-11-16(31-3)17(12-14)32-4/h10-12,15H,5-9,13H2,1-4H3,(H2,23,24,25,26). The average Bonchev–Trinajstić information content (AvgIpc) is 3.26. The van der Waals surface area contributed by atoms with Gasteiger partial charge in [-0.25, -0.2) is 0 Å². The Balaban J connectivity index is 1.67. The average molecular weight is 471 g/mol. The van der Waals surface area contributed by atoms with Gasteiger partial charge < -0.3 is 20.1 Å². The molecule has 2 aromatic heterocycles. The summed E-state index contributed by atoms with van der Waals surface area (Å²) in [4.78, 5) is 14.8. The van der Waals surface area contributed by atoms with Crippen LogP contribution in [0.15, 0.2) is 23.4 Å². The number of nitrogens with two attached hydrogens (primary N) is 1. The number of benzene rings is 1. The molecule has 1 aromatic carbocycles. The summed E-state index contributed by atoms with van der Waals surface area (Å²) in [5.41, 5.74) is 6.83. The minimum atomic E-state index is 0.212. The van der Waals surface area contributed by atoms with Gasteiger partial charge in [0.05, 0.1) is 20.0 Å². The first-order valence-corrected chi connectivity index (χ1v) is 12.0. The predicted octanol–water partition coefficient (Wildman–Crippen LogP) is 3.59. The van der Waals surface area contributed by atoms with E-state index in [4.69, 9.17) is 15.2 Å². The van der Waals surface area contributed by atoms with E-state index in [0.717, 1.165) is 29.4 Å². The van der Waals surface area contributed by atoms with Crippen molar-refractivity contribution in [2.75, 3.05) is 38.9 Å². The molecule has 11 heteroatoms. The molecule has 176 valence electrons. The lowest BCUT2D eigenvalue weighted by Gasteiger charge is -2.25. The van der Waals surface area contributed by atoms with Crippen LogP contribution in [0.2, 0.25) is 0 Å². The highest BCUT2D eigenvalue weighted by Crippen LogP contribution is 2.38. The Bertz CT molecular complexity index is 1100. The highest BCUT2D eigenvalue weighted by Gasteiger charge is 2.25. The molecule has 0 unspecified atom stereocenters. The summed E-state index contributed by atoms with van der Waals surface area (Å²) in [5.74, 6) is 4.06. The van der Waals surface area contributed by atoms with Crippen molar-refractivity contribution in [2.45, 2.75) is 49.1 Å². The number of rotatable bonds is 8. The van der Waals surface area contributed by atoms with Gasteiger partial charge in [0.25, 0.3) is 0 Å². The molecule has 0 saturated heterocycles. The van der Waals surface area contributed by atoms with Gasteiger partial charge in [0.15, 0.2) is 22.5 Å². The maximum atomic E-state index is 5.89. The van der Waals surface area contributed by atoms with Crippen molar-refractivity contribution in [1.29, 1.82) is 0 Å². The van der Waals surface area contributed by atoms with E-state index in [9.17, 15) is 0 Å². The van der Waals surface area contributed by atoms with E-state index in [1.807, 2.05) is 37.2 Å². The van der Waals surface area contributed by atoms with Crippen LogP contribution in [0, 0.1) is 0 Å². The fourth-order valence-corrected chi connectivity index (χ4v) is 4.90. The van der Waals surface area contributed by atoms with Gasteiger partial charge in [-0.15, -0.1) is 10.2 Å². The van der Waals surface area contributed by atoms with Crippen molar-refractivity contribution in [1.82, 2.24) is 29.7 Å². The molecule has 0 spiro atoms. The van der Waals surface area contributed by atoms with E-state index in [-0.39, 0.29) is 5.95 Å². The zero-order valence-corrected chi connectivity index (χ0v) is 20.3. The normalized spacial score (nSPS) is 14.3. The molecule has 4 rings (SSSR count). The molecule has 3 aromatic rings. The van der Waals surface area contributed by atoms with Crippen LogP contribution >= 0.6 is 11.8 Å². The molecule has 1 aliphatic carbocycles. The van der Waals surface area contributed by atoms with Gasteiger partial charge in [0, 0.05) is 25.7 Å². The number of hydrogen-bond donors (Lipinski definition) is 1. The monoisotopic (exact) mass is 470 g/mol. The highest BCUT2D eigenvalue weighted by molar-refractivity contribution is 7.98. The van der Waals surface area contributed by atoms with Crippen molar-refractivity contribution in [3.8, 4) is 22.9 Å². The Morgan fingerprint density at radius 3 is 2.48 bits per heavy atom. The number of thioether (sulfide) groups is 1. The van der Waals surface area contributed by atoms with Gasteiger partial charge >= 0.3 is 0 Å². The number of nitrogens with zero attached hydrogens (tertiary/aromatic N) is 7. The topological polar surface area (TPSA) is 117 Å². The van der Waals surface area contributed by atoms with Gasteiger partial charge in [-0.1, -0.05) is 31.0 Å². The molecule has 1 aliphatic rings. The zero-order chi connectivity index (χ0) is 23.4. The number of methoxy groups -OCH3 is 2. The molecule has 0 aliphatic heterocycles. The first kappa shape index (κ1) is 23.1. The quantitative estimate of drug-likeness (QED) is 0.489. The minimum absolute atomic E-state index is 0.212. The predicted molar refractivity (Wildman–Crippen MR) is 129 cm³/mol. The third-order valence-corrected chi connectivity index (χ3v) is 6.60. The summed E-state index contributed by atoms with van der Waals surface area (Å²) in [5, 5.41) is 9.97. The summed E-state index contributed by atoms with van der Waals surface area (Å²) in [7, 11) is 7.02. The molecule has 0 radical (unpaired) electrons. The molecule has 0 amide bonds. The van der Waals surface area contributed by atoms with Crippen molar-refractivity contribution < 1.29 is 9.47 Å². The molecule has 2 N–H and O–H groups in total. The van der Waals surface area contributed by atoms with Crippen molar-refractivity contribution in [3.63, 3.8) is 0 Å². The highest BCUT2D eigenvalue weighted by atomic mass is 32.2. The van der Waals surface area contributed by atoms with Crippen LogP contribution in [0.1, 0.15) is 44.0 Å². The van der Waals surface area contributed by atoms with Crippen molar-refractivity contribution in [2.24, 2.45) is 0 Å². The summed E-state index contributed by atoms with van der Waals surface area (Å²) >= 11 is 1.56. The smallest absolute Gasteiger partial charge is 0.229 e. The fraction of sp³-hybridized carbons (Fsp3) is 0.500. The molecular weight excluding hydrogens is 440 g/mol. The van der Waals surface area contributed by atoms with Crippen LogP contribution in [0.25, 0.3) is 11.4 Å². The molecule has 1 saturated carbocycles. The van der Waals surface area contributed by atoms with Gasteiger partial charge in [-0.05, 0) is 31.0 Å². The summed E-state index contributed by atoms with van der Waals surface area (Å²) in [6.45, 7) is 0. The SMILES string of the molecule is COc1ccc(-c2nnc(SCc3nc(N)nc(N(C)C)n3)n2C2CCCCC2)cc1OC. The summed E-state index contributed by atoms with van der Waals surface area (Å²) in [6.07, 6.45) is 5.89. The second kappa shape index (κ2) is 10.2. The summed E-state index contributed by atoms with van der Waals surface area (Å²) in [6, 6.07) is 6.19. The van der Waals surface area contributed by atoms with E-state index in [0.29, 0.717) is 35.1 Å². The fourth-order valence-electron chi connectivity index (χ4n) is 4.03. The Hall–Kier alpha value is -3.08. The number of hydrogen-bond acceptors (Lipinski definition) is 10. The molecule has 10 nitrogen and oxygen atoms in total. The zero-order valence-electron chi connectivity index (χ0n) is 19.5. The van der Waals surface area contributed by atoms with Gasteiger partial charge in [-0.2, -0.15) is 15.0 Å². The second-order valence-corrected chi connectivity index (χ2v) is 9.07. The third-order valence-electron chi connectivity index (χ3n) is 5.66. The number of nitrogen functional groups attached to an aromatic ring is 1. The second-order valence-electron chi connectivity index (χ2n) is 8.13. The van der Waals surface area contributed by atoms with Crippen LogP contribution < -0.4 is 20.1 Å². The molecular formula is C22H30N8O2S. The van der Waals surface area contributed by atoms with Crippen molar-refractivity contribution >= 4 is 23.7 Å². The molecule has 2 heterocycles. The maximum Gasteiger partial charge on any atom is 0.229 e. The van der Waals surface area contributed by atoms with Crippen LogP contribution in [0.4, 0.5) is 11.9 Å². The van der Waals surface area contributed by atoms with Crippen LogP contribution in [-0.2, 0) is 5.75 Å². The molecule has 33 heavy (non-hydrogen) atoms. The Morgan fingerprint density at radius 2 is 1.79 bits per heavy atom.